The quantitative estimate of drug-likeness (QED) is 0.524. The lowest BCUT2D eigenvalue weighted by molar-refractivity contribution is -0.121. The van der Waals surface area contributed by atoms with Crippen LogP contribution in [-0.2, 0) is 4.79 Å². The Morgan fingerprint density at radius 2 is 2.13 bits per heavy atom. The number of para-hydroxylation sites is 1. The maximum Gasteiger partial charge on any atom is 0.242 e. The third-order valence-electron chi connectivity index (χ3n) is 5.48. The zero-order chi connectivity index (χ0) is 21.5. The van der Waals surface area contributed by atoms with Gasteiger partial charge in [-0.1, -0.05) is 6.07 Å². The maximum atomic E-state index is 14.6. The summed E-state index contributed by atoms with van der Waals surface area (Å²) in [5.74, 6) is 0.189. The van der Waals surface area contributed by atoms with Crippen molar-refractivity contribution in [1.82, 2.24) is 34.7 Å². The Labute approximate surface area is 177 Å². The molecule has 1 amide bonds. The van der Waals surface area contributed by atoms with E-state index >= 15 is 0 Å². The third-order valence-corrected chi connectivity index (χ3v) is 5.48. The normalized spacial score (nSPS) is 17.3. The highest BCUT2D eigenvalue weighted by atomic mass is 19.1. The molecule has 160 valence electrons. The topological polar surface area (TPSA) is 102 Å². The molecule has 0 saturated carbocycles. The second-order valence-corrected chi connectivity index (χ2v) is 8.03. The number of benzene rings is 1. The molecule has 1 fully saturated rings. The van der Waals surface area contributed by atoms with Crippen LogP contribution < -0.4 is 10.6 Å². The Bertz CT molecular complexity index is 1280. The van der Waals surface area contributed by atoms with Crippen LogP contribution in [0.25, 0.3) is 27.9 Å². The number of fused-ring (bicyclic) bond motifs is 3. The van der Waals surface area contributed by atoms with Crippen LogP contribution >= 0.6 is 0 Å². The van der Waals surface area contributed by atoms with Gasteiger partial charge in [-0.05, 0) is 45.2 Å². The molecule has 0 unspecified atom stereocenters. The first kappa shape index (κ1) is 19.4. The van der Waals surface area contributed by atoms with Crippen LogP contribution in [0.5, 0.6) is 0 Å². The van der Waals surface area contributed by atoms with Gasteiger partial charge in [0.1, 0.15) is 17.4 Å². The zero-order valence-corrected chi connectivity index (χ0v) is 17.3. The number of anilines is 1. The predicted octanol–water partition coefficient (Wildman–Crippen LogP) is 2.94. The van der Waals surface area contributed by atoms with Gasteiger partial charge in [0.25, 0.3) is 0 Å². The molecule has 31 heavy (non-hydrogen) atoms. The minimum Gasteiger partial charge on any atom is -0.354 e. The van der Waals surface area contributed by atoms with E-state index in [9.17, 15) is 9.18 Å². The molecule has 1 aromatic carbocycles. The standard InChI is InChI=1S/C21H23FN8O/c1-12(2)29-11-13(10-24-29)18-27-19-14-6-5-7-15(22)17(14)26-21(30(19)28-18)25-16-8-3-4-9-23-20(16)31/h5-7,10-12,16H,3-4,8-9H2,1-2H3,(H,23,31)(H,25,26)/t16-/m1/s1. The van der Waals surface area contributed by atoms with Gasteiger partial charge in [0.15, 0.2) is 11.5 Å². The first-order valence-corrected chi connectivity index (χ1v) is 10.4. The summed E-state index contributed by atoms with van der Waals surface area (Å²) in [4.78, 5) is 21.6. The highest BCUT2D eigenvalue weighted by molar-refractivity contribution is 5.93. The molecule has 1 aliphatic rings. The van der Waals surface area contributed by atoms with Crippen molar-refractivity contribution in [2.45, 2.75) is 45.2 Å². The molecule has 0 bridgehead atoms. The van der Waals surface area contributed by atoms with E-state index in [1.54, 1.807) is 22.8 Å². The summed E-state index contributed by atoms with van der Waals surface area (Å²) in [5, 5.41) is 15.6. The number of hydrogen-bond acceptors (Lipinski definition) is 6. The van der Waals surface area contributed by atoms with Crippen molar-refractivity contribution >= 4 is 28.4 Å². The molecule has 1 atom stereocenters. The Morgan fingerprint density at radius 3 is 2.94 bits per heavy atom. The van der Waals surface area contributed by atoms with Crippen LogP contribution in [0.15, 0.2) is 30.6 Å². The molecule has 10 heteroatoms. The largest absolute Gasteiger partial charge is 0.354 e. The molecule has 0 aliphatic carbocycles. The Morgan fingerprint density at radius 1 is 1.26 bits per heavy atom. The molecule has 2 N–H and O–H groups in total. The molecule has 3 aromatic heterocycles. The third kappa shape index (κ3) is 3.47. The van der Waals surface area contributed by atoms with Crippen molar-refractivity contribution in [3.05, 3.63) is 36.4 Å². The van der Waals surface area contributed by atoms with Gasteiger partial charge in [0.05, 0.1) is 11.8 Å². The zero-order valence-electron chi connectivity index (χ0n) is 17.3. The fraction of sp³-hybridized carbons (Fsp3) is 0.381. The number of carbonyl (C=O) groups is 1. The summed E-state index contributed by atoms with van der Waals surface area (Å²) in [6.45, 7) is 4.72. The van der Waals surface area contributed by atoms with Crippen LogP contribution in [0.1, 0.15) is 39.2 Å². The molecular weight excluding hydrogens is 399 g/mol. The van der Waals surface area contributed by atoms with E-state index in [-0.39, 0.29) is 23.4 Å². The van der Waals surface area contributed by atoms with Crippen LogP contribution in [0.2, 0.25) is 0 Å². The number of halogens is 1. The van der Waals surface area contributed by atoms with Crippen molar-refractivity contribution in [1.29, 1.82) is 0 Å². The van der Waals surface area contributed by atoms with Gasteiger partial charge in [0.2, 0.25) is 11.9 Å². The van der Waals surface area contributed by atoms with Crippen LogP contribution in [0.3, 0.4) is 0 Å². The van der Waals surface area contributed by atoms with E-state index in [1.165, 1.54) is 6.07 Å². The summed E-state index contributed by atoms with van der Waals surface area (Å²) in [5.41, 5.74) is 1.40. The van der Waals surface area contributed by atoms with Crippen molar-refractivity contribution in [2.24, 2.45) is 0 Å². The second kappa shape index (κ2) is 7.60. The number of nitrogens with zero attached hydrogens (tertiary/aromatic N) is 6. The molecule has 0 spiro atoms. The lowest BCUT2D eigenvalue weighted by atomic mass is 10.1. The van der Waals surface area contributed by atoms with Gasteiger partial charge in [0, 0.05) is 24.2 Å². The lowest BCUT2D eigenvalue weighted by Gasteiger charge is -2.16. The first-order chi connectivity index (χ1) is 15.0. The number of hydrogen-bond donors (Lipinski definition) is 2. The predicted molar refractivity (Wildman–Crippen MR) is 114 cm³/mol. The lowest BCUT2D eigenvalue weighted by Crippen LogP contribution is -2.38. The summed E-state index contributed by atoms with van der Waals surface area (Å²) >= 11 is 0. The first-order valence-electron chi connectivity index (χ1n) is 10.4. The highest BCUT2D eigenvalue weighted by Crippen LogP contribution is 2.26. The van der Waals surface area contributed by atoms with Crippen LogP contribution in [0, 0.1) is 5.82 Å². The van der Waals surface area contributed by atoms with Crippen molar-refractivity contribution in [2.75, 3.05) is 11.9 Å². The molecule has 5 rings (SSSR count). The summed E-state index contributed by atoms with van der Waals surface area (Å²) in [7, 11) is 0. The fourth-order valence-corrected chi connectivity index (χ4v) is 3.78. The van der Waals surface area contributed by atoms with E-state index in [2.05, 4.69) is 30.8 Å². The Kier molecular flexibility index (Phi) is 4.76. The average molecular weight is 422 g/mol. The molecule has 0 radical (unpaired) electrons. The van der Waals surface area contributed by atoms with Crippen LogP contribution in [0.4, 0.5) is 10.3 Å². The highest BCUT2D eigenvalue weighted by Gasteiger charge is 2.24. The van der Waals surface area contributed by atoms with Gasteiger partial charge < -0.3 is 10.6 Å². The molecule has 1 aliphatic heterocycles. The molecule has 1 saturated heterocycles. The summed E-state index contributed by atoms with van der Waals surface area (Å²) < 4.78 is 18.0. The molecule has 9 nitrogen and oxygen atoms in total. The Hall–Kier alpha value is -3.56. The van der Waals surface area contributed by atoms with E-state index < -0.39 is 11.9 Å². The number of carbonyl (C=O) groups excluding carboxylic acids is 1. The van der Waals surface area contributed by atoms with Gasteiger partial charge in [-0.2, -0.15) is 9.61 Å². The van der Waals surface area contributed by atoms with Gasteiger partial charge >= 0.3 is 0 Å². The van der Waals surface area contributed by atoms with E-state index in [1.807, 2.05) is 24.7 Å². The smallest absolute Gasteiger partial charge is 0.242 e. The molecule has 4 heterocycles. The van der Waals surface area contributed by atoms with E-state index in [0.29, 0.717) is 29.8 Å². The number of amides is 1. The van der Waals surface area contributed by atoms with Gasteiger partial charge in [-0.15, -0.1) is 5.10 Å². The number of rotatable bonds is 4. The number of nitrogens with one attached hydrogen (secondary N) is 2. The minimum atomic E-state index is -0.473. The van der Waals surface area contributed by atoms with Crippen molar-refractivity contribution < 1.29 is 9.18 Å². The number of aromatic nitrogens is 6. The fourth-order valence-electron chi connectivity index (χ4n) is 3.78. The van der Waals surface area contributed by atoms with Crippen LogP contribution in [-0.4, -0.2) is 47.9 Å². The van der Waals surface area contributed by atoms with E-state index in [0.717, 1.165) is 18.4 Å². The second-order valence-electron chi connectivity index (χ2n) is 8.03. The Balaban J connectivity index is 1.66. The van der Waals surface area contributed by atoms with Crippen molar-refractivity contribution in [3.63, 3.8) is 0 Å². The monoisotopic (exact) mass is 422 g/mol. The molecule has 4 aromatic rings. The summed E-state index contributed by atoms with van der Waals surface area (Å²) in [6, 6.07) is 4.47. The van der Waals surface area contributed by atoms with Crippen molar-refractivity contribution in [3.8, 4) is 11.4 Å². The average Bonchev–Trinajstić information content (AvgIpc) is 3.36. The minimum absolute atomic E-state index is 0.0976. The van der Waals surface area contributed by atoms with Gasteiger partial charge in [-0.3, -0.25) is 9.48 Å². The summed E-state index contributed by atoms with van der Waals surface area (Å²) in [6.07, 6.45) is 6.07. The SMILES string of the molecule is CC(C)n1cc(-c2nc3c4cccc(F)c4nc(N[C@@H]4CCCCNC4=O)n3n2)cn1. The maximum absolute atomic E-state index is 14.6. The van der Waals surface area contributed by atoms with Gasteiger partial charge in [-0.25, -0.2) is 14.4 Å². The van der Waals surface area contributed by atoms with E-state index in [4.69, 9.17) is 0 Å². The molecular formula is C21H23FN8O.